The Labute approximate surface area is 377 Å². The summed E-state index contributed by atoms with van der Waals surface area (Å²) in [5.74, 6) is 0. The Bertz CT molecular complexity index is 3470. The number of nitrogens with zero attached hydrogens (tertiary/aromatic N) is 1. The van der Waals surface area contributed by atoms with Gasteiger partial charge in [0, 0.05) is 37.1 Å². The molecule has 2 aliphatic carbocycles. The van der Waals surface area contributed by atoms with E-state index in [1.807, 2.05) is 11.3 Å². The van der Waals surface area contributed by atoms with E-state index in [9.17, 15) is 0 Å². The summed E-state index contributed by atoms with van der Waals surface area (Å²) in [4.78, 5) is 2.49. The lowest BCUT2D eigenvalue weighted by Crippen LogP contribution is -2.28. The topological polar surface area (TPSA) is 3.24 Å². The van der Waals surface area contributed by atoms with E-state index in [1.165, 1.54) is 86.9 Å². The molecule has 300 valence electrons. The molecule has 0 saturated carbocycles. The summed E-state index contributed by atoms with van der Waals surface area (Å²) >= 11 is 1.89. The van der Waals surface area contributed by atoms with E-state index in [2.05, 4.69) is 254 Å². The zero-order valence-corrected chi connectivity index (χ0v) is 35.8. The molecular formula is C62H41NS. The fraction of sp³-hybridized carbons (Fsp3) is 0.0323. The van der Waals surface area contributed by atoms with Crippen LogP contribution in [0.25, 0.3) is 42.4 Å². The van der Waals surface area contributed by atoms with Crippen LogP contribution in [-0.2, 0) is 10.8 Å². The number of para-hydroxylation sites is 1. The minimum atomic E-state index is -0.495. The van der Waals surface area contributed by atoms with Crippen molar-refractivity contribution in [1.29, 1.82) is 0 Å². The Morgan fingerprint density at radius 1 is 0.312 bits per heavy atom. The van der Waals surface area contributed by atoms with Gasteiger partial charge in [-0.25, -0.2) is 0 Å². The van der Waals surface area contributed by atoms with Crippen molar-refractivity contribution in [2.45, 2.75) is 10.8 Å². The van der Waals surface area contributed by atoms with Crippen LogP contribution in [0.3, 0.4) is 0 Å². The largest absolute Gasteiger partial charge is 0.310 e. The molecule has 1 nitrogen and oxygen atoms in total. The smallest absolute Gasteiger partial charge is 0.0720 e. The van der Waals surface area contributed by atoms with Crippen molar-refractivity contribution in [1.82, 2.24) is 0 Å². The van der Waals surface area contributed by atoms with Gasteiger partial charge in [0.25, 0.3) is 0 Å². The summed E-state index contributed by atoms with van der Waals surface area (Å²) in [7, 11) is 0. The molecule has 0 fully saturated rings. The minimum absolute atomic E-state index is 0.487. The Hall–Kier alpha value is -7.78. The van der Waals surface area contributed by atoms with Crippen LogP contribution < -0.4 is 4.90 Å². The van der Waals surface area contributed by atoms with Gasteiger partial charge in [0.05, 0.1) is 16.5 Å². The second-order valence-corrected chi connectivity index (χ2v) is 18.2. The van der Waals surface area contributed by atoms with Crippen LogP contribution >= 0.6 is 11.3 Å². The Balaban J connectivity index is 1.06. The average molecular weight is 832 g/mol. The molecule has 0 unspecified atom stereocenters. The molecule has 64 heavy (non-hydrogen) atoms. The van der Waals surface area contributed by atoms with Gasteiger partial charge in [0.2, 0.25) is 0 Å². The van der Waals surface area contributed by atoms with Crippen LogP contribution in [-0.4, -0.2) is 0 Å². The second kappa shape index (κ2) is 14.4. The van der Waals surface area contributed by atoms with Crippen LogP contribution in [0.4, 0.5) is 17.1 Å². The number of anilines is 3. The monoisotopic (exact) mass is 831 g/mol. The number of hydrogen-bond donors (Lipinski definition) is 0. The summed E-state index contributed by atoms with van der Waals surface area (Å²) in [6.45, 7) is 0. The molecule has 0 N–H and O–H groups in total. The van der Waals surface area contributed by atoms with Crippen molar-refractivity contribution < 1.29 is 0 Å². The first kappa shape index (κ1) is 36.8. The Morgan fingerprint density at radius 2 is 0.781 bits per heavy atom. The number of hydrogen-bond acceptors (Lipinski definition) is 2. The first-order valence-electron chi connectivity index (χ1n) is 22.2. The summed E-state index contributed by atoms with van der Waals surface area (Å²) in [5.41, 5.74) is 18.0. The standard InChI is InChI=1S/C62H41NS/c1-5-21-42(22-6-1)61(43-23-7-2-8-24-43)53-34-18-15-31-49(53)59-54(61)35-19-37-56(59)63(45-27-11-4-12-28-45)46-39-40-50-58(41-46)64-57-38-20-36-55(60(50)57)62(44-25-9-3-10-26-44)51-32-16-13-29-47(51)48-30-14-17-33-52(48)62/h1-41H. The highest BCUT2D eigenvalue weighted by Gasteiger charge is 2.48. The average Bonchev–Trinajstić information content (AvgIpc) is 4.01. The van der Waals surface area contributed by atoms with Gasteiger partial charge < -0.3 is 4.90 Å². The first-order valence-corrected chi connectivity index (χ1v) is 23.0. The van der Waals surface area contributed by atoms with Crippen LogP contribution in [0, 0.1) is 0 Å². The molecule has 0 radical (unpaired) electrons. The SMILES string of the molecule is c1ccc(N(c2ccc3c(c2)sc2cccc(C4(c5ccccc5)c5ccccc5-c5ccccc54)c23)c2cccc3c2-c2ccccc2C3(c2ccccc2)c2ccccc2)cc1. The molecule has 0 spiro atoms. The Kier molecular flexibility index (Phi) is 8.28. The first-order chi connectivity index (χ1) is 31.8. The predicted octanol–water partition coefficient (Wildman–Crippen LogP) is 16.3. The number of rotatable bonds is 7. The van der Waals surface area contributed by atoms with Gasteiger partial charge in [0.1, 0.15) is 0 Å². The summed E-state index contributed by atoms with van der Waals surface area (Å²) in [5, 5.41) is 2.60. The lowest BCUT2D eigenvalue weighted by molar-refractivity contribution is 0.768. The van der Waals surface area contributed by atoms with E-state index >= 15 is 0 Å². The zero-order valence-electron chi connectivity index (χ0n) is 35.0. The van der Waals surface area contributed by atoms with Crippen molar-refractivity contribution in [2.75, 3.05) is 4.90 Å². The van der Waals surface area contributed by atoms with Crippen molar-refractivity contribution in [3.63, 3.8) is 0 Å². The van der Waals surface area contributed by atoms with Crippen LogP contribution in [0.2, 0.25) is 0 Å². The molecule has 0 bridgehead atoms. The van der Waals surface area contributed by atoms with Gasteiger partial charge >= 0.3 is 0 Å². The van der Waals surface area contributed by atoms with E-state index in [0.717, 1.165) is 17.1 Å². The maximum Gasteiger partial charge on any atom is 0.0720 e. The van der Waals surface area contributed by atoms with Gasteiger partial charge in [0.15, 0.2) is 0 Å². The maximum atomic E-state index is 2.49. The van der Waals surface area contributed by atoms with E-state index in [4.69, 9.17) is 0 Å². The lowest BCUT2D eigenvalue weighted by Gasteiger charge is -2.34. The summed E-state index contributed by atoms with van der Waals surface area (Å²) < 4.78 is 2.55. The third kappa shape index (κ3) is 5.06. The van der Waals surface area contributed by atoms with Crippen LogP contribution in [0.5, 0.6) is 0 Å². The Morgan fingerprint density at radius 3 is 1.39 bits per heavy atom. The predicted molar refractivity (Wildman–Crippen MR) is 269 cm³/mol. The fourth-order valence-corrected chi connectivity index (χ4v) is 12.8. The van der Waals surface area contributed by atoms with Crippen molar-refractivity contribution in [3.8, 4) is 22.3 Å². The van der Waals surface area contributed by atoms with Gasteiger partial charge in [-0.05, 0) is 97.6 Å². The minimum Gasteiger partial charge on any atom is -0.310 e. The number of benzene rings is 10. The quantitative estimate of drug-likeness (QED) is 0.155. The maximum absolute atomic E-state index is 2.49. The molecule has 11 aromatic rings. The van der Waals surface area contributed by atoms with Crippen molar-refractivity contribution in [3.05, 3.63) is 293 Å². The lowest BCUT2D eigenvalue weighted by atomic mass is 9.66. The molecule has 1 heterocycles. The molecule has 0 atom stereocenters. The number of thiophene rings is 1. The summed E-state index contributed by atoms with van der Waals surface area (Å²) in [6.07, 6.45) is 0. The molecule has 0 saturated heterocycles. The summed E-state index contributed by atoms with van der Waals surface area (Å²) in [6, 6.07) is 92.5. The van der Waals surface area contributed by atoms with Gasteiger partial charge in [-0.3, -0.25) is 0 Å². The van der Waals surface area contributed by atoms with Gasteiger partial charge in [-0.2, -0.15) is 0 Å². The van der Waals surface area contributed by atoms with Crippen molar-refractivity contribution in [2.24, 2.45) is 0 Å². The van der Waals surface area contributed by atoms with Gasteiger partial charge in [-0.1, -0.05) is 212 Å². The van der Waals surface area contributed by atoms with E-state index in [0.29, 0.717) is 0 Å². The molecule has 1 aromatic heterocycles. The third-order valence-corrected chi connectivity index (χ3v) is 15.1. The van der Waals surface area contributed by atoms with E-state index in [-0.39, 0.29) is 0 Å². The van der Waals surface area contributed by atoms with Crippen molar-refractivity contribution >= 4 is 48.6 Å². The van der Waals surface area contributed by atoms with E-state index < -0.39 is 10.8 Å². The highest BCUT2D eigenvalue weighted by molar-refractivity contribution is 7.25. The molecule has 2 aliphatic rings. The van der Waals surface area contributed by atoms with E-state index in [1.54, 1.807) is 0 Å². The molecule has 13 rings (SSSR count). The molecule has 10 aromatic carbocycles. The van der Waals surface area contributed by atoms with Gasteiger partial charge in [-0.15, -0.1) is 11.3 Å². The van der Waals surface area contributed by atoms with Crippen LogP contribution in [0.1, 0.15) is 44.5 Å². The molecule has 0 aliphatic heterocycles. The molecule has 2 heteroatoms. The fourth-order valence-electron chi connectivity index (χ4n) is 11.6. The third-order valence-electron chi connectivity index (χ3n) is 14.0. The van der Waals surface area contributed by atoms with Crippen LogP contribution in [0.15, 0.2) is 249 Å². The molecular weight excluding hydrogens is 791 g/mol. The highest BCUT2D eigenvalue weighted by Crippen LogP contribution is 2.61. The highest BCUT2D eigenvalue weighted by atomic mass is 32.1. The zero-order chi connectivity index (χ0) is 42.2. The number of fused-ring (bicyclic) bond motifs is 9. The normalized spacial score (nSPS) is 13.9. The molecule has 0 amide bonds. The second-order valence-electron chi connectivity index (χ2n) is 17.1.